The minimum atomic E-state index is -3.48. The van der Waals surface area contributed by atoms with Gasteiger partial charge in [-0.1, -0.05) is 0 Å². The summed E-state index contributed by atoms with van der Waals surface area (Å²) in [7, 11) is -1.68. The van der Waals surface area contributed by atoms with E-state index in [9.17, 15) is 8.42 Å². The molecule has 3 N–H and O–H groups in total. The Morgan fingerprint density at radius 2 is 2.28 bits per heavy atom. The lowest BCUT2D eigenvalue weighted by molar-refractivity contribution is 0.580. The van der Waals surface area contributed by atoms with Crippen molar-refractivity contribution >= 4 is 21.4 Å². The van der Waals surface area contributed by atoms with Gasteiger partial charge in [0.05, 0.1) is 22.6 Å². The van der Waals surface area contributed by atoms with E-state index in [0.29, 0.717) is 6.54 Å². The zero-order valence-electron chi connectivity index (χ0n) is 9.80. The summed E-state index contributed by atoms with van der Waals surface area (Å²) < 4.78 is 26.4. The van der Waals surface area contributed by atoms with Gasteiger partial charge >= 0.3 is 0 Å². The smallest absolute Gasteiger partial charge is 0.242 e. The van der Waals surface area contributed by atoms with E-state index in [0.717, 1.165) is 11.4 Å². The van der Waals surface area contributed by atoms with E-state index in [1.165, 1.54) is 17.5 Å². The van der Waals surface area contributed by atoms with Gasteiger partial charge in [0.1, 0.15) is 0 Å². The number of aromatic nitrogens is 2. The molecule has 0 fully saturated rings. The predicted octanol–water partition coefficient (Wildman–Crippen LogP) is 0.669. The van der Waals surface area contributed by atoms with Crippen LogP contribution in [-0.2, 0) is 23.1 Å². The Morgan fingerprint density at radius 1 is 1.44 bits per heavy atom. The lowest BCUT2D eigenvalue weighted by Gasteiger charge is -2.02. The number of nitrogens with zero attached hydrogens (tertiary/aromatic N) is 1. The summed E-state index contributed by atoms with van der Waals surface area (Å²) in [5.74, 6) is 0. The number of hydrogen-bond acceptors (Lipinski definition) is 5. The quantitative estimate of drug-likeness (QED) is 0.728. The summed E-state index contributed by atoms with van der Waals surface area (Å²) in [5.41, 5.74) is 3.21. The van der Waals surface area contributed by atoms with Crippen LogP contribution in [0, 0.1) is 0 Å². The predicted molar refractivity (Wildman–Crippen MR) is 69.7 cm³/mol. The first-order chi connectivity index (χ1) is 8.62. The van der Waals surface area contributed by atoms with Crippen LogP contribution >= 0.6 is 11.3 Å². The Hall–Kier alpha value is -1.22. The van der Waals surface area contributed by atoms with E-state index >= 15 is 0 Å². The molecule has 0 aromatic carbocycles. The topological polar surface area (TPSA) is 86.9 Å². The third kappa shape index (κ3) is 3.16. The fraction of sp³-hybridized carbons (Fsp3) is 0.300. The van der Waals surface area contributed by atoms with E-state index < -0.39 is 10.0 Å². The van der Waals surface area contributed by atoms with Crippen LogP contribution in [0.15, 0.2) is 28.0 Å². The highest BCUT2D eigenvalue weighted by Crippen LogP contribution is 2.11. The molecule has 0 bridgehead atoms. The molecule has 0 saturated carbocycles. The molecule has 0 unspecified atom stereocenters. The van der Waals surface area contributed by atoms with Gasteiger partial charge in [-0.3, -0.25) is 0 Å². The minimum Gasteiger partial charge on any atom is -0.363 e. The summed E-state index contributed by atoms with van der Waals surface area (Å²) in [6, 6.07) is 1.61. The van der Waals surface area contributed by atoms with Gasteiger partial charge in [-0.25, -0.2) is 18.1 Å². The zero-order chi connectivity index (χ0) is 13.0. The highest BCUT2D eigenvalue weighted by Gasteiger charge is 2.15. The van der Waals surface area contributed by atoms with Gasteiger partial charge in [0.15, 0.2) is 0 Å². The Balaban J connectivity index is 2.05. The van der Waals surface area contributed by atoms with Crippen LogP contribution in [0.3, 0.4) is 0 Å². The Labute approximate surface area is 110 Å². The molecule has 0 radical (unpaired) electrons. The van der Waals surface area contributed by atoms with Gasteiger partial charge in [-0.15, -0.1) is 11.3 Å². The van der Waals surface area contributed by atoms with Crippen molar-refractivity contribution in [3.8, 4) is 0 Å². The van der Waals surface area contributed by atoms with Gasteiger partial charge in [-0.05, 0) is 13.1 Å². The zero-order valence-corrected chi connectivity index (χ0v) is 11.4. The maximum absolute atomic E-state index is 12.0. The number of rotatable bonds is 6. The molecule has 2 heterocycles. The Morgan fingerprint density at radius 3 is 2.94 bits per heavy atom. The van der Waals surface area contributed by atoms with Gasteiger partial charge in [0, 0.05) is 23.8 Å². The van der Waals surface area contributed by atoms with E-state index in [1.807, 2.05) is 5.38 Å². The maximum Gasteiger partial charge on any atom is 0.242 e. The lowest BCUT2D eigenvalue weighted by Crippen LogP contribution is -2.22. The molecular weight excluding hydrogens is 272 g/mol. The molecular formula is C10H14N4O2S2. The van der Waals surface area contributed by atoms with E-state index in [4.69, 9.17) is 0 Å². The molecule has 0 aliphatic carbocycles. The van der Waals surface area contributed by atoms with Crippen LogP contribution in [0.1, 0.15) is 11.4 Å². The second kappa shape index (κ2) is 5.61. The van der Waals surface area contributed by atoms with Gasteiger partial charge in [0.25, 0.3) is 0 Å². The number of nitrogens with one attached hydrogen (secondary N) is 3. The number of aromatic amines is 1. The van der Waals surface area contributed by atoms with E-state index in [-0.39, 0.29) is 11.4 Å². The van der Waals surface area contributed by atoms with Crippen LogP contribution < -0.4 is 10.0 Å². The van der Waals surface area contributed by atoms with Crippen molar-refractivity contribution in [1.29, 1.82) is 0 Å². The molecule has 8 heteroatoms. The SMILES string of the molecule is CNCc1cc(S(=O)(=O)NCc2cscn2)c[nH]1. The van der Waals surface area contributed by atoms with Crippen molar-refractivity contribution in [2.45, 2.75) is 18.0 Å². The first-order valence-corrected chi connectivity index (χ1v) is 7.73. The lowest BCUT2D eigenvalue weighted by atomic mass is 10.4. The van der Waals surface area contributed by atoms with Crippen LogP contribution in [0.5, 0.6) is 0 Å². The van der Waals surface area contributed by atoms with Crippen LogP contribution in [0.25, 0.3) is 0 Å². The molecule has 18 heavy (non-hydrogen) atoms. The van der Waals surface area contributed by atoms with Gasteiger partial charge in [-0.2, -0.15) is 0 Å². The first-order valence-electron chi connectivity index (χ1n) is 5.30. The van der Waals surface area contributed by atoms with Crippen molar-refractivity contribution in [1.82, 2.24) is 20.0 Å². The summed E-state index contributed by atoms with van der Waals surface area (Å²) in [5, 5.41) is 4.76. The fourth-order valence-corrected chi connectivity index (χ4v) is 3.02. The molecule has 0 aliphatic heterocycles. The van der Waals surface area contributed by atoms with Gasteiger partial charge in [0.2, 0.25) is 10.0 Å². The molecule has 2 rings (SSSR count). The molecule has 0 saturated heterocycles. The van der Waals surface area contributed by atoms with Crippen LogP contribution in [-0.4, -0.2) is 25.4 Å². The third-order valence-corrected chi connectivity index (χ3v) is 4.34. The summed E-state index contributed by atoms with van der Waals surface area (Å²) >= 11 is 1.44. The molecule has 0 atom stereocenters. The molecule has 98 valence electrons. The fourth-order valence-electron chi connectivity index (χ4n) is 1.44. The summed E-state index contributed by atoms with van der Waals surface area (Å²) in [4.78, 5) is 7.17. The van der Waals surface area contributed by atoms with E-state index in [2.05, 4.69) is 20.0 Å². The third-order valence-electron chi connectivity index (χ3n) is 2.32. The molecule has 2 aromatic rings. The maximum atomic E-state index is 12.0. The average molecular weight is 286 g/mol. The Bertz CT molecular complexity index is 589. The minimum absolute atomic E-state index is 0.207. The van der Waals surface area contributed by atoms with Crippen molar-refractivity contribution in [2.75, 3.05) is 7.05 Å². The summed E-state index contributed by atoms with van der Waals surface area (Å²) in [6.45, 7) is 0.806. The highest BCUT2D eigenvalue weighted by atomic mass is 32.2. The molecule has 2 aromatic heterocycles. The number of H-pyrrole nitrogens is 1. The van der Waals surface area contributed by atoms with Crippen molar-refractivity contribution in [2.24, 2.45) is 0 Å². The first kappa shape index (κ1) is 13.2. The van der Waals surface area contributed by atoms with Crippen molar-refractivity contribution < 1.29 is 8.42 Å². The molecule has 0 amide bonds. The molecule has 0 aliphatic rings. The second-order valence-corrected chi connectivity index (χ2v) is 6.18. The standard InChI is InChI=1S/C10H14N4O2S2/c1-11-3-8-2-10(5-12-8)18(15,16)14-4-9-6-17-7-13-9/h2,5-7,11-12,14H,3-4H2,1H3. The Kier molecular flexibility index (Phi) is 4.12. The van der Waals surface area contributed by atoms with Crippen LogP contribution in [0.2, 0.25) is 0 Å². The summed E-state index contributed by atoms with van der Waals surface area (Å²) in [6.07, 6.45) is 1.48. The number of thiazole rings is 1. The number of hydrogen-bond donors (Lipinski definition) is 3. The number of sulfonamides is 1. The average Bonchev–Trinajstić information content (AvgIpc) is 2.98. The molecule has 0 spiro atoms. The largest absolute Gasteiger partial charge is 0.363 e. The van der Waals surface area contributed by atoms with Crippen LogP contribution in [0.4, 0.5) is 0 Å². The highest BCUT2D eigenvalue weighted by molar-refractivity contribution is 7.89. The van der Waals surface area contributed by atoms with E-state index in [1.54, 1.807) is 18.6 Å². The molecule has 6 nitrogen and oxygen atoms in total. The van der Waals surface area contributed by atoms with Gasteiger partial charge < -0.3 is 10.3 Å². The van der Waals surface area contributed by atoms with Crippen molar-refractivity contribution in [3.63, 3.8) is 0 Å². The monoisotopic (exact) mass is 286 g/mol. The normalized spacial score (nSPS) is 11.8. The van der Waals surface area contributed by atoms with Crippen molar-refractivity contribution in [3.05, 3.63) is 34.5 Å². The second-order valence-electron chi connectivity index (χ2n) is 3.70.